The standard InChI is InChI=1S/C11H14Cl2N2O4S/c1-15(3-4-19-2)11(16)7-5-10(20(14,17)18)9(13)6-8(7)12/h5-6H,3-4H2,1-2H3,(H2,14,17,18). The lowest BCUT2D eigenvalue weighted by atomic mass is 10.2. The van der Waals surface area contributed by atoms with E-state index in [9.17, 15) is 13.2 Å². The predicted octanol–water partition coefficient (Wildman–Crippen LogP) is 1.36. The highest BCUT2D eigenvalue weighted by Crippen LogP contribution is 2.28. The fraction of sp³-hybridized carbons (Fsp3) is 0.364. The summed E-state index contributed by atoms with van der Waals surface area (Å²) >= 11 is 11.7. The van der Waals surface area contributed by atoms with Crippen molar-refractivity contribution >= 4 is 39.1 Å². The van der Waals surface area contributed by atoms with Crippen molar-refractivity contribution in [3.8, 4) is 0 Å². The summed E-state index contributed by atoms with van der Waals surface area (Å²) in [6.45, 7) is 0.675. The lowest BCUT2D eigenvalue weighted by Crippen LogP contribution is -2.30. The number of halogens is 2. The third kappa shape index (κ3) is 4.07. The van der Waals surface area contributed by atoms with Gasteiger partial charge in [-0.25, -0.2) is 13.6 Å². The van der Waals surface area contributed by atoms with Crippen LogP contribution >= 0.6 is 23.2 Å². The zero-order valence-electron chi connectivity index (χ0n) is 10.9. The first-order valence-electron chi connectivity index (χ1n) is 5.44. The highest BCUT2D eigenvalue weighted by Gasteiger charge is 2.21. The molecule has 0 aliphatic heterocycles. The maximum Gasteiger partial charge on any atom is 0.255 e. The van der Waals surface area contributed by atoms with Crippen molar-refractivity contribution in [2.75, 3.05) is 27.3 Å². The summed E-state index contributed by atoms with van der Waals surface area (Å²) in [4.78, 5) is 13.2. The lowest BCUT2D eigenvalue weighted by Gasteiger charge is -2.18. The maximum atomic E-state index is 12.2. The van der Waals surface area contributed by atoms with E-state index in [1.165, 1.54) is 18.1 Å². The molecule has 0 radical (unpaired) electrons. The number of likely N-dealkylation sites (N-methyl/N-ethyl adjacent to an activating group) is 1. The first-order valence-corrected chi connectivity index (χ1v) is 7.75. The Labute approximate surface area is 127 Å². The molecule has 0 atom stereocenters. The number of carbonyl (C=O) groups is 1. The smallest absolute Gasteiger partial charge is 0.255 e. The van der Waals surface area contributed by atoms with E-state index in [-0.39, 0.29) is 20.5 Å². The lowest BCUT2D eigenvalue weighted by molar-refractivity contribution is 0.0744. The second kappa shape index (κ2) is 6.73. The summed E-state index contributed by atoms with van der Waals surface area (Å²) < 4.78 is 27.6. The fourth-order valence-corrected chi connectivity index (χ4v) is 2.85. The number of sulfonamides is 1. The molecule has 1 amide bonds. The van der Waals surface area contributed by atoms with Gasteiger partial charge < -0.3 is 9.64 Å². The van der Waals surface area contributed by atoms with Gasteiger partial charge in [-0.3, -0.25) is 4.79 Å². The molecular formula is C11H14Cl2N2O4S. The van der Waals surface area contributed by atoms with Gasteiger partial charge in [0.05, 0.1) is 22.2 Å². The van der Waals surface area contributed by atoms with Crippen LogP contribution in [0.1, 0.15) is 10.4 Å². The Bertz CT molecular complexity index is 619. The molecule has 1 aromatic carbocycles. The molecule has 1 aromatic rings. The Morgan fingerprint density at radius 2 is 1.95 bits per heavy atom. The molecule has 1 rings (SSSR count). The second-order valence-corrected chi connectivity index (χ2v) is 6.37. The van der Waals surface area contributed by atoms with E-state index in [1.54, 1.807) is 7.05 Å². The van der Waals surface area contributed by atoms with Crippen molar-refractivity contribution in [3.05, 3.63) is 27.7 Å². The van der Waals surface area contributed by atoms with Crippen LogP contribution in [0.5, 0.6) is 0 Å². The zero-order valence-corrected chi connectivity index (χ0v) is 13.2. The number of rotatable bonds is 5. The molecular weight excluding hydrogens is 327 g/mol. The third-order valence-corrected chi connectivity index (χ3v) is 4.22. The van der Waals surface area contributed by atoms with E-state index in [2.05, 4.69) is 0 Å². The molecule has 0 aromatic heterocycles. The number of methoxy groups -OCH3 is 1. The number of benzene rings is 1. The van der Waals surface area contributed by atoms with Gasteiger partial charge in [0.15, 0.2) is 0 Å². The van der Waals surface area contributed by atoms with Gasteiger partial charge in [-0.1, -0.05) is 23.2 Å². The second-order valence-electron chi connectivity index (χ2n) is 4.03. The van der Waals surface area contributed by atoms with Crippen LogP contribution in [0.3, 0.4) is 0 Å². The van der Waals surface area contributed by atoms with Gasteiger partial charge in [-0.05, 0) is 12.1 Å². The van der Waals surface area contributed by atoms with Crippen molar-refractivity contribution in [1.29, 1.82) is 0 Å². The summed E-state index contributed by atoms with van der Waals surface area (Å²) in [6, 6.07) is 2.26. The number of hydrogen-bond donors (Lipinski definition) is 1. The minimum absolute atomic E-state index is 0.0127. The van der Waals surface area contributed by atoms with Gasteiger partial charge in [0.2, 0.25) is 10.0 Å². The first kappa shape index (κ1) is 17.2. The van der Waals surface area contributed by atoms with Crippen LogP contribution in [0.15, 0.2) is 17.0 Å². The highest BCUT2D eigenvalue weighted by atomic mass is 35.5. The summed E-state index contributed by atoms with van der Waals surface area (Å²) in [7, 11) is -0.984. The first-order chi connectivity index (χ1) is 9.18. The van der Waals surface area contributed by atoms with Gasteiger partial charge in [0, 0.05) is 20.7 Å². The van der Waals surface area contributed by atoms with Crippen LogP contribution in [0.4, 0.5) is 0 Å². The van der Waals surface area contributed by atoms with Crippen molar-refractivity contribution in [2.24, 2.45) is 5.14 Å². The van der Waals surface area contributed by atoms with E-state index in [0.717, 1.165) is 6.07 Å². The van der Waals surface area contributed by atoms with Crippen LogP contribution in [-0.2, 0) is 14.8 Å². The average Bonchev–Trinajstić information content (AvgIpc) is 2.33. The van der Waals surface area contributed by atoms with Gasteiger partial charge in [-0.2, -0.15) is 0 Å². The molecule has 0 spiro atoms. The van der Waals surface area contributed by atoms with Gasteiger partial charge in [-0.15, -0.1) is 0 Å². The Balaban J connectivity index is 3.22. The number of ether oxygens (including phenoxy) is 1. The van der Waals surface area contributed by atoms with E-state index < -0.39 is 15.9 Å². The van der Waals surface area contributed by atoms with Crippen LogP contribution in [-0.4, -0.2) is 46.5 Å². The summed E-state index contributed by atoms with van der Waals surface area (Å²) in [5, 5.41) is 4.95. The number of hydrogen-bond acceptors (Lipinski definition) is 4. The van der Waals surface area contributed by atoms with Crippen LogP contribution in [0, 0.1) is 0 Å². The monoisotopic (exact) mass is 340 g/mol. The molecule has 0 bridgehead atoms. The summed E-state index contributed by atoms with van der Waals surface area (Å²) in [6.07, 6.45) is 0. The normalized spacial score (nSPS) is 11.4. The molecule has 0 unspecified atom stereocenters. The molecule has 0 saturated carbocycles. The quantitative estimate of drug-likeness (QED) is 0.876. The number of carbonyl (C=O) groups excluding carboxylic acids is 1. The van der Waals surface area contributed by atoms with Gasteiger partial charge >= 0.3 is 0 Å². The molecule has 112 valence electrons. The third-order valence-electron chi connectivity index (χ3n) is 2.54. The molecule has 0 aliphatic carbocycles. The van der Waals surface area contributed by atoms with Crippen molar-refractivity contribution in [2.45, 2.75) is 4.90 Å². The molecule has 2 N–H and O–H groups in total. The molecule has 0 saturated heterocycles. The van der Waals surface area contributed by atoms with E-state index in [4.69, 9.17) is 33.1 Å². The van der Waals surface area contributed by atoms with Crippen LogP contribution in [0.2, 0.25) is 10.0 Å². The summed E-state index contributed by atoms with van der Waals surface area (Å²) in [5.41, 5.74) is 0.0127. The van der Waals surface area contributed by atoms with Crippen molar-refractivity contribution in [1.82, 2.24) is 4.90 Å². The van der Waals surface area contributed by atoms with E-state index >= 15 is 0 Å². The average molecular weight is 341 g/mol. The Hall–Kier alpha value is -0.860. The number of amides is 1. The van der Waals surface area contributed by atoms with Crippen LogP contribution < -0.4 is 5.14 Å². The molecule has 20 heavy (non-hydrogen) atoms. The minimum Gasteiger partial charge on any atom is -0.383 e. The maximum absolute atomic E-state index is 12.2. The molecule has 0 fully saturated rings. The molecule has 0 heterocycles. The highest BCUT2D eigenvalue weighted by molar-refractivity contribution is 7.89. The van der Waals surface area contributed by atoms with Crippen molar-refractivity contribution in [3.63, 3.8) is 0 Å². The van der Waals surface area contributed by atoms with E-state index in [1.807, 2.05) is 0 Å². The number of nitrogens with two attached hydrogens (primary N) is 1. The van der Waals surface area contributed by atoms with Gasteiger partial charge in [0.25, 0.3) is 5.91 Å². The van der Waals surface area contributed by atoms with E-state index in [0.29, 0.717) is 13.2 Å². The number of primary sulfonamides is 1. The van der Waals surface area contributed by atoms with Gasteiger partial charge in [0.1, 0.15) is 4.90 Å². The zero-order chi connectivity index (χ0) is 15.5. The predicted molar refractivity (Wildman–Crippen MR) is 76.7 cm³/mol. The topological polar surface area (TPSA) is 89.7 Å². The largest absolute Gasteiger partial charge is 0.383 e. The molecule has 0 aliphatic rings. The Morgan fingerprint density at radius 1 is 1.35 bits per heavy atom. The Morgan fingerprint density at radius 3 is 2.45 bits per heavy atom. The Kier molecular flexibility index (Phi) is 5.79. The SMILES string of the molecule is COCCN(C)C(=O)c1cc(S(N)(=O)=O)c(Cl)cc1Cl. The molecule has 6 nitrogen and oxygen atoms in total. The van der Waals surface area contributed by atoms with Crippen molar-refractivity contribution < 1.29 is 17.9 Å². The van der Waals surface area contributed by atoms with Crippen LogP contribution in [0.25, 0.3) is 0 Å². The fourth-order valence-electron chi connectivity index (χ4n) is 1.45. The number of nitrogens with zero attached hydrogens (tertiary/aromatic N) is 1. The molecule has 9 heteroatoms. The summed E-state index contributed by atoms with van der Waals surface area (Å²) in [5.74, 6) is -0.450. The minimum atomic E-state index is -4.03.